The number of carbonyl (C=O) groups excluding carboxylic acids is 1. The number of H-pyrrole nitrogens is 1. The van der Waals surface area contributed by atoms with Crippen LogP contribution >= 0.6 is 0 Å². The van der Waals surface area contributed by atoms with Crippen LogP contribution in [0.3, 0.4) is 0 Å². The van der Waals surface area contributed by atoms with Gasteiger partial charge >= 0.3 is 0 Å². The van der Waals surface area contributed by atoms with E-state index in [2.05, 4.69) is 44.9 Å². The lowest BCUT2D eigenvalue weighted by Crippen LogP contribution is -2.34. The van der Waals surface area contributed by atoms with Crippen LogP contribution in [-0.2, 0) is 17.8 Å². The maximum atomic E-state index is 13.1. The molecule has 1 N–H and O–H groups in total. The number of aryl methyl sites for hydroxylation is 1. The molecule has 5 rings (SSSR count). The van der Waals surface area contributed by atoms with Crippen LogP contribution < -0.4 is 0 Å². The molecule has 1 unspecified atom stereocenters. The van der Waals surface area contributed by atoms with Crippen LogP contribution in [0.2, 0.25) is 0 Å². The third-order valence-corrected chi connectivity index (χ3v) is 6.43. The maximum Gasteiger partial charge on any atom is 0.223 e. The normalized spacial score (nSPS) is 18.5. The molecule has 0 bridgehead atoms. The predicted molar refractivity (Wildman–Crippen MR) is 121 cm³/mol. The Morgan fingerprint density at radius 2 is 2.03 bits per heavy atom. The summed E-state index contributed by atoms with van der Waals surface area (Å²) in [5, 5.41) is 6.86. The molecule has 0 spiro atoms. The standard InChI is InChI=1S/C25H26FN5O/c1-17-10-19(15-31(17)25(32)9-4-18-2-6-22(26)7-3-18)14-30-16-27-23-11-20(5-8-24(23)30)21-12-28-29-13-21/h2-3,5-8,11-13,16-17,19H,4,9-10,14-15H2,1H3,(H,28,29)/t17-,19?/m1/s1. The highest BCUT2D eigenvalue weighted by atomic mass is 19.1. The fourth-order valence-electron chi connectivity index (χ4n) is 4.74. The number of aromatic amines is 1. The minimum absolute atomic E-state index is 0.171. The Balaban J connectivity index is 1.22. The van der Waals surface area contributed by atoms with E-state index in [4.69, 9.17) is 0 Å². The Hall–Kier alpha value is -3.48. The van der Waals surface area contributed by atoms with Crippen molar-refractivity contribution in [2.24, 2.45) is 5.92 Å². The summed E-state index contributed by atoms with van der Waals surface area (Å²) in [4.78, 5) is 19.4. The summed E-state index contributed by atoms with van der Waals surface area (Å²) in [6.07, 6.45) is 7.65. The van der Waals surface area contributed by atoms with Crippen LogP contribution in [0.25, 0.3) is 22.2 Å². The third kappa shape index (κ3) is 4.15. The minimum atomic E-state index is -0.249. The van der Waals surface area contributed by atoms with E-state index in [1.54, 1.807) is 18.3 Å². The lowest BCUT2D eigenvalue weighted by atomic mass is 10.1. The summed E-state index contributed by atoms with van der Waals surface area (Å²) in [7, 11) is 0. The Kier molecular flexibility index (Phi) is 5.47. The highest BCUT2D eigenvalue weighted by Gasteiger charge is 2.32. The zero-order valence-corrected chi connectivity index (χ0v) is 18.0. The predicted octanol–water partition coefficient (Wildman–Crippen LogP) is 4.44. The van der Waals surface area contributed by atoms with Gasteiger partial charge in [-0.15, -0.1) is 0 Å². The Morgan fingerprint density at radius 1 is 1.19 bits per heavy atom. The minimum Gasteiger partial charge on any atom is -0.340 e. The molecule has 1 aliphatic rings. The molecule has 164 valence electrons. The molecule has 7 heteroatoms. The second-order valence-corrected chi connectivity index (χ2v) is 8.71. The average Bonchev–Trinajstić information content (AvgIpc) is 3.54. The van der Waals surface area contributed by atoms with Crippen molar-refractivity contribution in [2.75, 3.05) is 6.54 Å². The second kappa shape index (κ2) is 8.57. The van der Waals surface area contributed by atoms with Gasteiger partial charge in [0, 0.05) is 37.3 Å². The number of likely N-dealkylation sites (tertiary alicyclic amines) is 1. The Labute approximate surface area is 186 Å². The van der Waals surface area contributed by atoms with Crippen molar-refractivity contribution in [3.05, 3.63) is 72.6 Å². The van der Waals surface area contributed by atoms with E-state index in [9.17, 15) is 9.18 Å². The van der Waals surface area contributed by atoms with Crippen LogP contribution in [-0.4, -0.2) is 43.1 Å². The van der Waals surface area contributed by atoms with Gasteiger partial charge in [-0.3, -0.25) is 9.89 Å². The number of aromatic nitrogens is 4. The van der Waals surface area contributed by atoms with E-state index in [1.165, 1.54) is 12.1 Å². The van der Waals surface area contributed by atoms with Gasteiger partial charge in [-0.25, -0.2) is 9.37 Å². The molecule has 4 aromatic rings. The highest BCUT2D eigenvalue weighted by Crippen LogP contribution is 2.28. The van der Waals surface area contributed by atoms with E-state index in [0.29, 0.717) is 18.8 Å². The molecule has 6 nitrogen and oxygen atoms in total. The molecule has 2 atom stereocenters. The zero-order chi connectivity index (χ0) is 22.1. The highest BCUT2D eigenvalue weighted by molar-refractivity contribution is 5.82. The number of amides is 1. The first kappa shape index (κ1) is 20.4. The van der Waals surface area contributed by atoms with Gasteiger partial charge in [0.2, 0.25) is 5.91 Å². The van der Waals surface area contributed by atoms with E-state index in [1.807, 2.05) is 17.4 Å². The molecule has 0 saturated carbocycles. The second-order valence-electron chi connectivity index (χ2n) is 8.71. The largest absolute Gasteiger partial charge is 0.340 e. The first-order chi connectivity index (χ1) is 15.6. The smallest absolute Gasteiger partial charge is 0.223 e. The van der Waals surface area contributed by atoms with Crippen molar-refractivity contribution in [3.8, 4) is 11.1 Å². The number of carbonyl (C=O) groups is 1. The molecule has 0 radical (unpaired) electrons. The summed E-state index contributed by atoms with van der Waals surface area (Å²) in [6.45, 7) is 3.73. The molecule has 2 aromatic heterocycles. The average molecular weight is 432 g/mol. The molecule has 0 aliphatic carbocycles. The molecule has 1 fully saturated rings. The van der Waals surface area contributed by atoms with Gasteiger partial charge < -0.3 is 9.47 Å². The molecular formula is C25H26FN5O. The number of fused-ring (bicyclic) bond motifs is 1. The van der Waals surface area contributed by atoms with Crippen LogP contribution in [0, 0.1) is 11.7 Å². The monoisotopic (exact) mass is 431 g/mol. The summed E-state index contributed by atoms with van der Waals surface area (Å²) in [5.74, 6) is 0.316. The van der Waals surface area contributed by atoms with E-state index < -0.39 is 0 Å². The number of hydrogen-bond acceptors (Lipinski definition) is 3. The van der Waals surface area contributed by atoms with Crippen LogP contribution in [0.15, 0.2) is 61.2 Å². The topological polar surface area (TPSA) is 66.8 Å². The van der Waals surface area contributed by atoms with Gasteiger partial charge in [-0.05, 0) is 61.1 Å². The van der Waals surface area contributed by atoms with Crippen molar-refractivity contribution in [2.45, 2.75) is 38.8 Å². The van der Waals surface area contributed by atoms with Crippen LogP contribution in [0.4, 0.5) is 4.39 Å². The Bertz CT molecular complexity index is 1220. The first-order valence-corrected chi connectivity index (χ1v) is 11.0. The molecule has 1 saturated heterocycles. The first-order valence-electron chi connectivity index (χ1n) is 11.0. The van der Waals surface area contributed by atoms with Crippen LogP contribution in [0.1, 0.15) is 25.3 Å². The molecular weight excluding hydrogens is 405 g/mol. The van der Waals surface area contributed by atoms with Crippen molar-refractivity contribution in [1.82, 2.24) is 24.6 Å². The van der Waals surface area contributed by atoms with Gasteiger partial charge in [-0.2, -0.15) is 5.10 Å². The van der Waals surface area contributed by atoms with Gasteiger partial charge in [-0.1, -0.05) is 18.2 Å². The fraction of sp³-hybridized carbons (Fsp3) is 0.320. The molecule has 2 aromatic carbocycles. The number of hydrogen-bond donors (Lipinski definition) is 1. The van der Waals surface area contributed by atoms with E-state index in [0.717, 1.165) is 47.2 Å². The number of rotatable bonds is 6. The zero-order valence-electron chi connectivity index (χ0n) is 18.0. The molecule has 1 amide bonds. The van der Waals surface area contributed by atoms with Crippen molar-refractivity contribution < 1.29 is 9.18 Å². The summed E-state index contributed by atoms with van der Waals surface area (Å²) >= 11 is 0. The summed E-state index contributed by atoms with van der Waals surface area (Å²) in [6, 6.07) is 12.9. The molecule has 32 heavy (non-hydrogen) atoms. The molecule has 1 aliphatic heterocycles. The van der Waals surface area contributed by atoms with E-state index in [-0.39, 0.29) is 17.8 Å². The van der Waals surface area contributed by atoms with Gasteiger partial charge in [0.05, 0.1) is 23.6 Å². The van der Waals surface area contributed by atoms with Gasteiger partial charge in [0.1, 0.15) is 5.82 Å². The summed E-state index contributed by atoms with van der Waals surface area (Å²) in [5.41, 5.74) is 5.18. The SMILES string of the molecule is C[C@@H]1CC(Cn2cnc3cc(-c4cn[nH]c4)ccc32)CN1C(=O)CCc1ccc(F)cc1. The van der Waals surface area contributed by atoms with Gasteiger partial charge in [0.15, 0.2) is 0 Å². The Morgan fingerprint density at radius 3 is 2.81 bits per heavy atom. The number of nitrogens with zero attached hydrogens (tertiary/aromatic N) is 4. The number of nitrogens with one attached hydrogen (secondary N) is 1. The number of benzene rings is 2. The number of imidazole rings is 1. The van der Waals surface area contributed by atoms with E-state index >= 15 is 0 Å². The lowest BCUT2D eigenvalue weighted by molar-refractivity contribution is -0.131. The molecule has 3 heterocycles. The van der Waals surface area contributed by atoms with Crippen LogP contribution in [0.5, 0.6) is 0 Å². The number of halogens is 1. The van der Waals surface area contributed by atoms with Crippen molar-refractivity contribution in [3.63, 3.8) is 0 Å². The quantitative estimate of drug-likeness (QED) is 0.491. The van der Waals surface area contributed by atoms with Crippen molar-refractivity contribution in [1.29, 1.82) is 0 Å². The van der Waals surface area contributed by atoms with Gasteiger partial charge in [0.25, 0.3) is 0 Å². The lowest BCUT2D eigenvalue weighted by Gasteiger charge is -2.21. The third-order valence-electron chi connectivity index (χ3n) is 6.43. The summed E-state index contributed by atoms with van der Waals surface area (Å²) < 4.78 is 15.3. The van der Waals surface area contributed by atoms with Crippen molar-refractivity contribution >= 4 is 16.9 Å². The fourth-order valence-corrected chi connectivity index (χ4v) is 4.74. The maximum absolute atomic E-state index is 13.1.